The summed E-state index contributed by atoms with van der Waals surface area (Å²) in [7, 11) is 0. The predicted molar refractivity (Wildman–Crippen MR) is 68.4 cm³/mol. The number of halogens is 1. The van der Waals surface area contributed by atoms with Gasteiger partial charge in [-0.25, -0.2) is 4.39 Å². The Kier molecular flexibility index (Phi) is 4.51. The first-order valence-corrected chi connectivity index (χ1v) is 6.45. The third kappa shape index (κ3) is 3.79. The number of piperidine rings is 1. The molecule has 2 atom stereocenters. The van der Waals surface area contributed by atoms with Crippen molar-refractivity contribution in [3.05, 3.63) is 35.6 Å². The first-order valence-electron chi connectivity index (χ1n) is 6.45. The van der Waals surface area contributed by atoms with Crippen molar-refractivity contribution in [1.29, 1.82) is 0 Å². The van der Waals surface area contributed by atoms with E-state index < -0.39 is 0 Å². The highest BCUT2D eigenvalue weighted by molar-refractivity contribution is 5.19. The largest absolute Gasteiger partial charge is 0.316 e. The number of benzene rings is 1. The van der Waals surface area contributed by atoms with Crippen LogP contribution in [0.2, 0.25) is 0 Å². The average molecular weight is 236 g/mol. The smallest absolute Gasteiger partial charge is 0.123 e. The van der Waals surface area contributed by atoms with E-state index in [0.29, 0.717) is 5.92 Å². The Labute approximate surface area is 103 Å². The lowest BCUT2D eigenvalue weighted by molar-refractivity contribution is 0.348. The van der Waals surface area contributed by atoms with Crippen LogP contribution in [0.25, 0.3) is 0 Å². The van der Waals surface area contributed by atoms with E-state index in [4.69, 9.17) is 0 Å². The van der Waals surface area contributed by atoms with Crippen LogP contribution in [0.15, 0.2) is 24.3 Å². The minimum absolute atomic E-state index is 0.157. The maximum Gasteiger partial charge on any atom is 0.123 e. The molecule has 1 aromatic carbocycles. The third-order valence-corrected chi connectivity index (χ3v) is 3.46. The average Bonchev–Trinajstić information content (AvgIpc) is 2.37. The maximum atomic E-state index is 13.1. The number of hydrogen-bond donors (Lipinski definition) is 2. The second-order valence-corrected chi connectivity index (χ2v) is 4.90. The van der Waals surface area contributed by atoms with Crippen molar-refractivity contribution in [2.75, 3.05) is 19.6 Å². The summed E-state index contributed by atoms with van der Waals surface area (Å²) in [6.45, 7) is 5.34. The summed E-state index contributed by atoms with van der Waals surface area (Å²) in [5, 5.41) is 6.90. The standard InChI is InChI=1S/C14H21FN2/c1-11(13-5-2-6-14(15)8-13)17-10-12-4-3-7-16-9-12/h2,5-6,8,11-12,16-17H,3-4,7,9-10H2,1H3. The molecule has 1 heterocycles. The van der Waals surface area contributed by atoms with Crippen molar-refractivity contribution < 1.29 is 4.39 Å². The van der Waals surface area contributed by atoms with Crippen molar-refractivity contribution in [2.45, 2.75) is 25.8 Å². The van der Waals surface area contributed by atoms with Crippen LogP contribution in [0.5, 0.6) is 0 Å². The molecule has 0 aromatic heterocycles. The van der Waals surface area contributed by atoms with Crippen molar-refractivity contribution >= 4 is 0 Å². The summed E-state index contributed by atoms with van der Waals surface area (Å²) in [6.07, 6.45) is 2.55. The van der Waals surface area contributed by atoms with Gasteiger partial charge in [-0.1, -0.05) is 12.1 Å². The molecule has 0 saturated carbocycles. The summed E-state index contributed by atoms with van der Waals surface area (Å²) in [4.78, 5) is 0. The van der Waals surface area contributed by atoms with Crippen molar-refractivity contribution in [2.24, 2.45) is 5.92 Å². The SMILES string of the molecule is CC(NCC1CCCNC1)c1cccc(F)c1. The Morgan fingerprint density at radius 2 is 2.41 bits per heavy atom. The lowest BCUT2D eigenvalue weighted by Gasteiger charge is -2.25. The van der Waals surface area contributed by atoms with Gasteiger partial charge in [0.25, 0.3) is 0 Å². The van der Waals surface area contributed by atoms with Crippen molar-refractivity contribution in [3.63, 3.8) is 0 Å². The lowest BCUT2D eigenvalue weighted by Crippen LogP contribution is -2.36. The molecule has 17 heavy (non-hydrogen) atoms. The highest BCUT2D eigenvalue weighted by Crippen LogP contribution is 2.15. The van der Waals surface area contributed by atoms with E-state index in [9.17, 15) is 4.39 Å². The molecular formula is C14H21FN2. The van der Waals surface area contributed by atoms with E-state index in [2.05, 4.69) is 17.6 Å². The third-order valence-electron chi connectivity index (χ3n) is 3.46. The molecule has 0 bridgehead atoms. The van der Waals surface area contributed by atoms with Gasteiger partial charge in [0.2, 0.25) is 0 Å². The van der Waals surface area contributed by atoms with Crippen LogP contribution in [-0.2, 0) is 0 Å². The minimum Gasteiger partial charge on any atom is -0.316 e. The molecule has 1 saturated heterocycles. The van der Waals surface area contributed by atoms with E-state index >= 15 is 0 Å². The monoisotopic (exact) mass is 236 g/mol. The zero-order valence-corrected chi connectivity index (χ0v) is 10.4. The molecule has 1 fully saturated rings. The molecule has 0 radical (unpaired) electrons. The summed E-state index contributed by atoms with van der Waals surface area (Å²) in [6, 6.07) is 7.05. The molecule has 2 nitrogen and oxygen atoms in total. The molecule has 1 aliphatic rings. The van der Waals surface area contributed by atoms with E-state index in [0.717, 1.165) is 25.2 Å². The summed E-state index contributed by atoms with van der Waals surface area (Å²) in [5.74, 6) is 0.551. The first kappa shape index (κ1) is 12.5. The Balaban J connectivity index is 1.82. The van der Waals surface area contributed by atoms with E-state index in [1.54, 1.807) is 12.1 Å². The first-order chi connectivity index (χ1) is 8.25. The topological polar surface area (TPSA) is 24.1 Å². The molecule has 0 aliphatic carbocycles. The van der Waals surface area contributed by atoms with Gasteiger partial charge < -0.3 is 10.6 Å². The van der Waals surface area contributed by atoms with Gasteiger partial charge in [-0.2, -0.15) is 0 Å². The molecule has 94 valence electrons. The van der Waals surface area contributed by atoms with Crippen LogP contribution in [0.3, 0.4) is 0 Å². The maximum absolute atomic E-state index is 13.1. The summed E-state index contributed by atoms with van der Waals surface area (Å²) >= 11 is 0. The van der Waals surface area contributed by atoms with Gasteiger partial charge in [0.05, 0.1) is 0 Å². The van der Waals surface area contributed by atoms with Crippen LogP contribution in [0.4, 0.5) is 4.39 Å². The molecule has 2 N–H and O–H groups in total. The Morgan fingerprint density at radius 1 is 1.53 bits per heavy atom. The normalized spacial score (nSPS) is 22.4. The number of nitrogens with one attached hydrogen (secondary N) is 2. The Morgan fingerprint density at radius 3 is 3.12 bits per heavy atom. The lowest BCUT2D eigenvalue weighted by atomic mass is 9.99. The Bertz CT molecular complexity index is 348. The van der Waals surface area contributed by atoms with Gasteiger partial charge in [-0.05, 0) is 63.0 Å². The fourth-order valence-electron chi connectivity index (χ4n) is 2.34. The molecular weight excluding hydrogens is 215 g/mol. The quantitative estimate of drug-likeness (QED) is 0.839. The fourth-order valence-corrected chi connectivity index (χ4v) is 2.34. The van der Waals surface area contributed by atoms with Gasteiger partial charge in [-0.15, -0.1) is 0 Å². The number of hydrogen-bond acceptors (Lipinski definition) is 2. The highest BCUT2D eigenvalue weighted by Gasteiger charge is 2.14. The van der Waals surface area contributed by atoms with Crippen molar-refractivity contribution in [3.8, 4) is 0 Å². The molecule has 1 aromatic rings. The molecule has 0 spiro atoms. The summed E-state index contributed by atoms with van der Waals surface area (Å²) in [5.41, 5.74) is 1.02. The van der Waals surface area contributed by atoms with Gasteiger partial charge in [0.1, 0.15) is 5.82 Å². The second-order valence-electron chi connectivity index (χ2n) is 4.90. The zero-order chi connectivity index (χ0) is 12.1. The second kappa shape index (κ2) is 6.12. The van der Waals surface area contributed by atoms with Crippen LogP contribution in [-0.4, -0.2) is 19.6 Å². The van der Waals surface area contributed by atoms with Crippen molar-refractivity contribution in [1.82, 2.24) is 10.6 Å². The van der Waals surface area contributed by atoms with Crippen LogP contribution in [0, 0.1) is 11.7 Å². The van der Waals surface area contributed by atoms with Gasteiger partial charge in [-0.3, -0.25) is 0 Å². The van der Waals surface area contributed by atoms with Crippen LogP contribution in [0.1, 0.15) is 31.4 Å². The van der Waals surface area contributed by atoms with E-state index in [1.807, 2.05) is 6.07 Å². The predicted octanol–water partition coefficient (Wildman–Crippen LogP) is 2.48. The number of rotatable bonds is 4. The van der Waals surface area contributed by atoms with Crippen LogP contribution >= 0.6 is 0 Å². The van der Waals surface area contributed by atoms with E-state index in [-0.39, 0.29) is 11.9 Å². The fraction of sp³-hybridized carbons (Fsp3) is 0.571. The summed E-state index contributed by atoms with van der Waals surface area (Å²) < 4.78 is 13.1. The molecule has 1 aliphatic heterocycles. The molecule has 3 heteroatoms. The minimum atomic E-state index is -0.157. The van der Waals surface area contributed by atoms with Gasteiger partial charge in [0, 0.05) is 6.04 Å². The highest BCUT2D eigenvalue weighted by atomic mass is 19.1. The van der Waals surface area contributed by atoms with Gasteiger partial charge >= 0.3 is 0 Å². The zero-order valence-electron chi connectivity index (χ0n) is 10.4. The molecule has 2 rings (SSSR count). The Hall–Kier alpha value is -0.930. The van der Waals surface area contributed by atoms with E-state index in [1.165, 1.54) is 18.9 Å². The molecule has 2 unspecified atom stereocenters. The van der Waals surface area contributed by atoms with Crippen LogP contribution < -0.4 is 10.6 Å². The molecule has 0 amide bonds. The van der Waals surface area contributed by atoms with Gasteiger partial charge in [0.15, 0.2) is 0 Å².